The molecular weight excluding hydrogens is 334 g/mol. The van der Waals surface area contributed by atoms with E-state index in [4.69, 9.17) is 0 Å². The molecule has 2 fully saturated rings. The van der Waals surface area contributed by atoms with Gasteiger partial charge in [0.2, 0.25) is 5.91 Å². The summed E-state index contributed by atoms with van der Waals surface area (Å²) in [5.41, 5.74) is -1.03. The van der Waals surface area contributed by atoms with Crippen LogP contribution in [-0.4, -0.2) is 71.7 Å². The van der Waals surface area contributed by atoms with Crippen molar-refractivity contribution in [1.29, 1.82) is 0 Å². The molecule has 9 heteroatoms. The zero-order valence-corrected chi connectivity index (χ0v) is 15.4. The second-order valence-electron chi connectivity index (χ2n) is 7.06. The van der Waals surface area contributed by atoms with Crippen molar-refractivity contribution in [3.8, 4) is 0 Å². The monoisotopic (exact) mass is 359 g/mol. The van der Waals surface area contributed by atoms with Crippen molar-refractivity contribution in [3.63, 3.8) is 0 Å². The molecule has 2 saturated heterocycles. The molecule has 0 bridgehead atoms. The summed E-state index contributed by atoms with van der Waals surface area (Å²) in [5, 5.41) is 2.53. The minimum absolute atomic E-state index is 0.0608. The maximum atomic E-state index is 12.8. The van der Waals surface area contributed by atoms with Gasteiger partial charge in [0, 0.05) is 12.1 Å². The maximum absolute atomic E-state index is 12.8. The molecule has 0 radical (unpaired) electrons. The Balaban J connectivity index is 2.17. The summed E-state index contributed by atoms with van der Waals surface area (Å²) < 4.78 is 23.5. The fraction of sp³-hybridized carbons (Fsp3) is 0.800. The highest BCUT2D eigenvalue weighted by molar-refractivity contribution is 7.91. The van der Waals surface area contributed by atoms with Crippen LogP contribution in [0.3, 0.4) is 0 Å². The first-order chi connectivity index (χ1) is 11.0. The summed E-state index contributed by atoms with van der Waals surface area (Å²) in [6.45, 7) is 6.54. The van der Waals surface area contributed by atoms with Crippen LogP contribution in [0.5, 0.6) is 0 Å². The quantitative estimate of drug-likeness (QED) is 0.703. The van der Waals surface area contributed by atoms with Crippen LogP contribution in [-0.2, 0) is 19.4 Å². The number of urea groups is 1. The lowest BCUT2D eigenvalue weighted by Crippen LogP contribution is -2.51. The molecule has 0 aromatic heterocycles. The summed E-state index contributed by atoms with van der Waals surface area (Å²) in [6.07, 6.45) is 1.05. The van der Waals surface area contributed by atoms with Crippen LogP contribution in [0.2, 0.25) is 0 Å². The Labute approximate surface area is 142 Å². The third kappa shape index (κ3) is 3.55. The van der Waals surface area contributed by atoms with Crippen molar-refractivity contribution < 1.29 is 22.8 Å². The van der Waals surface area contributed by atoms with Crippen molar-refractivity contribution in [2.24, 2.45) is 0 Å². The number of rotatable bonds is 5. The number of sulfone groups is 1. The summed E-state index contributed by atoms with van der Waals surface area (Å²) >= 11 is 0. The predicted octanol–water partition coefficient (Wildman–Crippen LogP) is 0.131. The van der Waals surface area contributed by atoms with Gasteiger partial charge < -0.3 is 10.2 Å². The lowest BCUT2D eigenvalue weighted by Gasteiger charge is -2.34. The van der Waals surface area contributed by atoms with Crippen molar-refractivity contribution in [1.82, 2.24) is 15.1 Å². The van der Waals surface area contributed by atoms with Gasteiger partial charge in [0.15, 0.2) is 9.84 Å². The number of carbonyl (C=O) groups excluding carboxylic acids is 3. The van der Waals surface area contributed by atoms with Crippen LogP contribution < -0.4 is 5.32 Å². The zero-order chi connectivity index (χ0) is 18.3. The summed E-state index contributed by atoms with van der Waals surface area (Å²) in [7, 11) is -3.14. The van der Waals surface area contributed by atoms with Crippen molar-refractivity contribution >= 4 is 27.7 Å². The zero-order valence-electron chi connectivity index (χ0n) is 14.5. The summed E-state index contributed by atoms with van der Waals surface area (Å²) in [6, 6.07) is -1.16. The molecule has 2 aliphatic heterocycles. The second kappa shape index (κ2) is 6.34. The number of hydrogen-bond donors (Lipinski definition) is 1. The molecule has 0 aliphatic carbocycles. The largest absolute Gasteiger partial charge is 0.334 e. The minimum atomic E-state index is -3.14. The SMILES string of the molecule is CC[C@@H](C)N(C(=O)CN1C(=O)NC(C)(C)C1=O)[C@@H]1CCS(=O)(=O)C1. The Morgan fingerprint density at radius 2 is 2.04 bits per heavy atom. The molecule has 0 unspecified atom stereocenters. The van der Waals surface area contributed by atoms with E-state index in [2.05, 4.69) is 5.32 Å². The van der Waals surface area contributed by atoms with E-state index in [1.165, 1.54) is 4.90 Å². The van der Waals surface area contributed by atoms with Gasteiger partial charge in [-0.3, -0.25) is 14.5 Å². The fourth-order valence-corrected chi connectivity index (χ4v) is 4.89. The van der Waals surface area contributed by atoms with Crippen molar-refractivity contribution in [2.45, 2.75) is 58.2 Å². The molecule has 8 nitrogen and oxygen atoms in total. The predicted molar refractivity (Wildman–Crippen MR) is 88.0 cm³/mol. The lowest BCUT2D eigenvalue weighted by molar-refractivity contribution is -0.141. The Morgan fingerprint density at radius 3 is 2.46 bits per heavy atom. The third-order valence-corrected chi connectivity index (χ3v) is 6.44. The fourth-order valence-electron chi connectivity index (χ4n) is 3.18. The highest BCUT2D eigenvalue weighted by Crippen LogP contribution is 2.23. The van der Waals surface area contributed by atoms with Gasteiger partial charge in [0.05, 0.1) is 11.5 Å². The lowest BCUT2D eigenvalue weighted by atomic mass is 10.1. The van der Waals surface area contributed by atoms with Gasteiger partial charge in [-0.15, -0.1) is 0 Å². The molecule has 0 saturated carbocycles. The molecular formula is C15H25N3O5S. The Morgan fingerprint density at radius 1 is 1.42 bits per heavy atom. The van der Waals surface area contributed by atoms with E-state index in [0.29, 0.717) is 12.8 Å². The van der Waals surface area contributed by atoms with E-state index in [1.807, 2.05) is 13.8 Å². The Bertz CT molecular complexity index is 658. The third-order valence-electron chi connectivity index (χ3n) is 4.69. The number of amides is 4. The first-order valence-corrected chi connectivity index (χ1v) is 9.96. The molecule has 0 aromatic carbocycles. The van der Waals surface area contributed by atoms with Gasteiger partial charge in [0.25, 0.3) is 5.91 Å². The van der Waals surface area contributed by atoms with E-state index in [-0.39, 0.29) is 24.1 Å². The van der Waals surface area contributed by atoms with Crippen LogP contribution in [0.1, 0.15) is 40.5 Å². The molecule has 2 heterocycles. The molecule has 2 aliphatic rings. The molecule has 4 amide bonds. The first-order valence-electron chi connectivity index (χ1n) is 8.14. The minimum Gasteiger partial charge on any atom is -0.334 e. The van der Waals surface area contributed by atoms with Crippen molar-refractivity contribution in [3.05, 3.63) is 0 Å². The van der Waals surface area contributed by atoms with Crippen molar-refractivity contribution in [2.75, 3.05) is 18.1 Å². The topological polar surface area (TPSA) is 104 Å². The summed E-state index contributed by atoms with van der Waals surface area (Å²) in [5.74, 6) is -0.848. The van der Waals surface area contributed by atoms with Gasteiger partial charge in [-0.05, 0) is 33.6 Å². The number of hydrogen-bond acceptors (Lipinski definition) is 5. The molecule has 2 rings (SSSR count). The van der Waals surface area contributed by atoms with Crippen LogP contribution in [0.15, 0.2) is 0 Å². The van der Waals surface area contributed by atoms with E-state index < -0.39 is 39.3 Å². The second-order valence-corrected chi connectivity index (χ2v) is 9.29. The van der Waals surface area contributed by atoms with E-state index in [0.717, 1.165) is 4.90 Å². The van der Waals surface area contributed by atoms with E-state index in [9.17, 15) is 22.8 Å². The molecule has 0 aromatic rings. The molecule has 136 valence electrons. The average Bonchev–Trinajstić information content (AvgIpc) is 2.90. The molecule has 0 spiro atoms. The Kier molecular flexibility index (Phi) is 4.94. The first kappa shape index (κ1) is 18.7. The normalized spacial score (nSPS) is 26.3. The highest BCUT2D eigenvalue weighted by atomic mass is 32.2. The van der Waals surface area contributed by atoms with E-state index >= 15 is 0 Å². The molecule has 24 heavy (non-hydrogen) atoms. The standard InChI is InChI=1S/C15H25N3O5S/c1-5-10(2)18(11-6-7-24(22,23)9-11)12(19)8-17-13(20)15(3,4)16-14(17)21/h10-11H,5-9H2,1-4H3,(H,16,21)/t10-,11-/m1/s1. The summed E-state index contributed by atoms with van der Waals surface area (Å²) in [4.78, 5) is 39.4. The highest BCUT2D eigenvalue weighted by Gasteiger charge is 2.46. The van der Waals surface area contributed by atoms with Crippen LogP contribution in [0.4, 0.5) is 4.79 Å². The van der Waals surface area contributed by atoms with E-state index in [1.54, 1.807) is 13.8 Å². The van der Waals surface area contributed by atoms with Gasteiger partial charge in [-0.25, -0.2) is 13.2 Å². The number of nitrogens with one attached hydrogen (secondary N) is 1. The van der Waals surface area contributed by atoms with Gasteiger partial charge in [-0.2, -0.15) is 0 Å². The average molecular weight is 359 g/mol. The Hall–Kier alpha value is -1.64. The van der Waals surface area contributed by atoms with Gasteiger partial charge >= 0.3 is 6.03 Å². The van der Waals surface area contributed by atoms with Gasteiger partial charge in [-0.1, -0.05) is 6.92 Å². The van der Waals surface area contributed by atoms with Crippen LogP contribution in [0, 0.1) is 0 Å². The number of carbonyl (C=O) groups is 3. The molecule has 2 atom stereocenters. The van der Waals surface area contributed by atoms with Crippen LogP contribution in [0.25, 0.3) is 0 Å². The molecule has 1 N–H and O–H groups in total. The number of nitrogens with zero attached hydrogens (tertiary/aromatic N) is 2. The maximum Gasteiger partial charge on any atom is 0.325 e. The van der Waals surface area contributed by atoms with Crippen LogP contribution >= 0.6 is 0 Å². The number of imide groups is 1. The smallest absolute Gasteiger partial charge is 0.325 e. The van der Waals surface area contributed by atoms with Gasteiger partial charge in [0.1, 0.15) is 12.1 Å².